The fourth-order valence-corrected chi connectivity index (χ4v) is 1.14. The van der Waals surface area contributed by atoms with Crippen LogP contribution >= 0.6 is 0 Å². The number of anilines is 2. The van der Waals surface area contributed by atoms with Gasteiger partial charge in [-0.1, -0.05) is 0 Å². The van der Waals surface area contributed by atoms with Gasteiger partial charge in [-0.25, -0.2) is 0 Å². The number of nitrogens with one attached hydrogen (secondary N) is 2. The second kappa shape index (κ2) is 3.97. The van der Waals surface area contributed by atoms with Crippen LogP contribution in [0.4, 0.5) is 11.5 Å². The van der Waals surface area contributed by atoms with Crippen LogP contribution in [-0.2, 0) is 0 Å². The highest BCUT2D eigenvalue weighted by Crippen LogP contribution is 2.18. The number of hydrogen-bond acceptors (Lipinski definition) is 5. The Morgan fingerprint density at radius 1 is 1.50 bits per heavy atom. The molecule has 0 fully saturated rings. The van der Waals surface area contributed by atoms with E-state index < -0.39 is 0 Å². The van der Waals surface area contributed by atoms with E-state index in [4.69, 9.17) is 5.73 Å². The first-order chi connectivity index (χ1) is 7.68. The van der Waals surface area contributed by atoms with E-state index in [1.165, 1.54) is 12.4 Å². The fourth-order valence-electron chi connectivity index (χ4n) is 1.14. The summed E-state index contributed by atoms with van der Waals surface area (Å²) in [6.45, 7) is 1.77. The Morgan fingerprint density at radius 2 is 2.31 bits per heavy atom. The van der Waals surface area contributed by atoms with Crippen molar-refractivity contribution in [2.45, 2.75) is 6.92 Å². The van der Waals surface area contributed by atoms with E-state index in [1.54, 1.807) is 13.0 Å². The molecule has 82 valence electrons. The van der Waals surface area contributed by atoms with Crippen LogP contribution in [-0.4, -0.2) is 26.3 Å². The number of nitrogen functional groups attached to an aromatic ring is 1. The molecule has 0 saturated heterocycles. The average molecular weight is 218 g/mol. The minimum atomic E-state index is -0.326. The van der Waals surface area contributed by atoms with Gasteiger partial charge in [0.2, 0.25) is 0 Å². The van der Waals surface area contributed by atoms with Gasteiger partial charge < -0.3 is 11.1 Å². The molecule has 0 atom stereocenters. The standard InChI is InChI=1S/C9H10N6O/c1-5-7(10)8(15-14-5)13-9(16)6-2-3-11-12-4-6/h2-4H,10H2,1H3,(H2,13,14,15,16). The molecule has 0 unspecified atom stereocenters. The summed E-state index contributed by atoms with van der Waals surface area (Å²) < 4.78 is 0. The Morgan fingerprint density at radius 3 is 2.88 bits per heavy atom. The highest BCUT2D eigenvalue weighted by molar-refractivity contribution is 6.04. The summed E-state index contributed by atoms with van der Waals surface area (Å²) in [6.07, 6.45) is 2.80. The molecule has 7 nitrogen and oxygen atoms in total. The SMILES string of the molecule is Cc1[nH]nc(NC(=O)c2ccnnc2)c1N. The fraction of sp³-hybridized carbons (Fsp3) is 0.111. The maximum absolute atomic E-state index is 11.7. The van der Waals surface area contributed by atoms with Crippen molar-refractivity contribution in [2.24, 2.45) is 0 Å². The molecule has 0 spiro atoms. The first-order valence-electron chi connectivity index (χ1n) is 4.57. The van der Waals surface area contributed by atoms with Crippen LogP contribution in [0.2, 0.25) is 0 Å². The number of amides is 1. The molecule has 2 aromatic rings. The maximum Gasteiger partial charge on any atom is 0.258 e. The van der Waals surface area contributed by atoms with Gasteiger partial charge in [0, 0.05) is 0 Å². The second-order valence-electron chi connectivity index (χ2n) is 3.20. The Balaban J connectivity index is 2.17. The second-order valence-corrected chi connectivity index (χ2v) is 3.20. The van der Waals surface area contributed by atoms with Crippen molar-refractivity contribution in [2.75, 3.05) is 11.1 Å². The smallest absolute Gasteiger partial charge is 0.258 e. The molecular weight excluding hydrogens is 208 g/mol. The van der Waals surface area contributed by atoms with E-state index in [9.17, 15) is 4.79 Å². The normalized spacial score (nSPS) is 10.1. The summed E-state index contributed by atoms with van der Waals surface area (Å²) >= 11 is 0. The van der Waals surface area contributed by atoms with Crippen LogP contribution in [0.15, 0.2) is 18.5 Å². The summed E-state index contributed by atoms with van der Waals surface area (Å²) in [5, 5.41) is 16.3. The lowest BCUT2D eigenvalue weighted by molar-refractivity contribution is 0.102. The number of hydrogen-bond donors (Lipinski definition) is 3. The van der Waals surface area contributed by atoms with Gasteiger partial charge in [-0.15, -0.1) is 0 Å². The number of aryl methyl sites for hydroxylation is 1. The van der Waals surface area contributed by atoms with Crippen molar-refractivity contribution in [1.82, 2.24) is 20.4 Å². The first kappa shape index (κ1) is 10.1. The number of aromatic amines is 1. The Hall–Kier alpha value is -2.44. The predicted octanol–water partition coefficient (Wildman–Crippen LogP) is 0.343. The number of H-pyrrole nitrogens is 1. The minimum Gasteiger partial charge on any atom is -0.394 e. The van der Waals surface area contributed by atoms with E-state index in [0.717, 1.165) is 0 Å². The van der Waals surface area contributed by atoms with Crippen molar-refractivity contribution in [3.63, 3.8) is 0 Å². The quantitative estimate of drug-likeness (QED) is 0.673. The molecular formula is C9H10N6O. The van der Waals surface area contributed by atoms with Crippen molar-refractivity contribution >= 4 is 17.4 Å². The highest BCUT2D eigenvalue weighted by atomic mass is 16.1. The summed E-state index contributed by atoms with van der Waals surface area (Å²) in [7, 11) is 0. The molecule has 0 aromatic carbocycles. The molecule has 0 bridgehead atoms. The van der Waals surface area contributed by atoms with Crippen LogP contribution in [0.3, 0.4) is 0 Å². The largest absolute Gasteiger partial charge is 0.394 e. The van der Waals surface area contributed by atoms with Gasteiger partial charge >= 0.3 is 0 Å². The van der Waals surface area contributed by atoms with Gasteiger partial charge in [0.05, 0.1) is 29.3 Å². The van der Waals surface area contributed by atoms with Crippen LogP contribution in [0, 0.1) is 6.92 Å². The third kappa shape index (κ3) is 1.83. The number of nitrogens with two attached hydrogens (primary N) is 1. The molecule has 2 aromatic heterocycles. The molecule has 2 heterocycles. The summed E-state index contributed by atoms with van der Waals surface area (Å²) in [5.74, 6) is -0.00703. The van der Waals surface area contributed by atoms with Crippen molar-refractivity contribution < 1.29 is 4.79 Å². The van der Waals surface area contributed by atoms with Crippen LogP contribution in [0.5, 0.6) is 0 Å². The van der Waals surface area contributed by atoms with Crippen molar-refractivity contribution in [3.8, 4) is 0 Å². The van der Waals surface area contributed by atoms with E-state index in [2.05, 4.69) is 25.7 Å². The summed E-state index contributed by atoms with van der Waals surface area (Å²) in [6, 6.07) is 1.55. The third-order valence-electron chi connectivity index (χ3n) is 2.07. The summed E-state index contributed by atoms with van der Waals surface area (Å²) in [5.41, 5.74) is 7.23. The predicted molar refractivity (Wildman–Crippen MR) is 57.7 cm³/mol. The molecule has 7 heteroatoms. The van der Waals surface area contributed by atoms with Crippen LogP contribution in [0.25, 0.3) is 0 Å². The van der Waals surface area contributed by atoms with Gasteiger partial charge in [-0.05, 0) is 13.0 Å². The van der Waals surface area contributed by atoms with Crippen molar-refractivity contribution in [1.29, 1.82) is 0 Å². The molecule has 4 N–H and O–H groups in total. The van der Waals surface area contributed by atoms with E-state index >= 15 is 0 Å². The van der Waals surface area contributed by atoms with Gasteiger partial charge in [0.15, 0.2) is 5.82 Å². The molecule has 16 heavy (non-hydrogen) atoms. The lowest BCUT2D eigenvalue weighted by atomic mass is 10.3. The first-order valence-corrected chi connectivity index (χ1v) is 4.57. The molecule has 0 aliphatic heterocycles. The highest BCUT2D eigenvalue weighted by Gasteiger charge is 2.11. The zero-order valence-corrected chi connectivity index (χ0v) is 8.56. The summed E-state index contributed by atoms with van der Waals surface area (Å²) in [4.78, 5) is 11.7. The molecule has 0 radical (unpaired) electrons. The molecule has 0 saturated carbocycles. The van der Waals surface area contributed by atoms with Crippen LogP contribution < -0.4 is 11.1 Å². The van der Waals surface area contributed by atoms with E-state index in [0.29, 0.717) is 22.8 Å². The number of nitrogens with zero attached hydrogens (tertiary/aromatic N) is 3. The van der Waals surface area contributed by atoms with E-state index in [-0.39, 0.29) is 5.91 Å². The lowest BCUT2D eigenvalue weighted by Gasteiger charge is -2.01. The molecule has 1 amide bonds. The number of carbonyl (C=O) groups is 1. The zero-order valence-electron chi connectivity index (χ0n) is 8.56. The minimum absolute atomic E-state index is 0.319. The monoisotopic (exact) mass is 218 g/mol. The van der Waals surface area contributed by atoms with Gasteiger partial charge in [0.25, 0.3) is 5.91 Å². The molecule has 0 aliphatic rings. The number of aromatic nitrogens is 4. The lowest BCUT2D eigenvalue weighted by Crippen LogP contribution is -2.13. The average Bonchev–Trinajstić information content (AvgIpc) is 2.62. The van der Waals surface area contributed by atoms with E-state index in [1.807, 2.05) is 0 Å². The maximum atomic E-state index is 11.7. The number of rotatable bonds is 2. The number of carbonyl (C=O) groups excluding carboxylic acids is 1. The van der Waals surface area contributed by atoms with Crippen LogP contribution in [0.1, 0.15) is 16.1 Å². The Labute approximate surface area is 91.1 Å². The topological polar surface area (TPSA) is 110 Å². The van der Waals surface area contributed by atoms with Gasteiger partial charge in [-0.2, -0.15) is 15.3 Å². The Kier molecular flexibility index (Phi) is 2.50. The zero-order chi connectivity index (χ0) is 11.5. The Bertz CT molecular complexity index is 506. The van der Waals surface area contributed by atoms with Gasteiger partial charge in [0.1, 0.15) is 0 Å². The van der Waals surface area contributed by atoms with Crippen molar-refractivity contribution in [3.05, 3.63) is 29.7 Å². The van der Waals surface area contributed by atoms with Gasteiger partial charge in [-0.3, -0.25) is 9.89 Å². The molecule has 2 rings (SSSR count). The third-order valence-corrected chi connectivity index (χ3v) is 2.07. The molecule has 0 aliphatic carbocycles.